The molecule has 0 spiro atoms. The van der Waals surface area contributed by atoms with E-state index in [2.05, 4.69) is 15.6 Å². The minimum atomic E-state index is -4.43. The molecule has 0 saturated carbocycles. The first-order valence-corrected chi connectivity index (χ1v) is 6.82. The van der Waals surface area contributed by atoms with Crippen molar-refractivity contribution in [3.8, 4) is 0 Å². The summed E-state index contributed by atoms with van der Waals surface area (Å²) in [4.78, 5) is 14.7. The van der Waals surface area contributed by atoms with Gasteiger partial charge in [0, 0.05) is 13.1 Å². The predicted octanol–water partition coefficient (Wildman–Crippen LogP) is 3.43. The third-order valence-electron chi connectivity index (χ3n) is 2.40. The van der Waals surface area contributed by atoms with Crippen LogP contribution in [0.25, 0.3) is 0 Å². The molecule has 0 fully saturated rings. The average Bonchev–Trinajstić information content (AvgIpc) is 2.35. The molecule has 1 amide bonds. The van der Waals surface area contributed by atoms with Crippen LogP contribution in [0.2, 0.25) is 0 Å². The molecule has 22 heavy (non-hydrogen) atoms. The minimum absolute atomic E-state index is 0.399. The average molecular weight is 319 g/mol. The Balaban J connectivity index is 2.24. The zero-order chi connectivity index (χ0) is 16.8. The Morgan fingerprint density at radius 3 is 2.41 bits per heavy atom. The largest absolute Gasteiger partial charge is 0.444 e. The highest BCUT2D eigenvalue weighted by Gasteiger charge is 2.31. The fourth-order valence-electron chi connectivity index (χ4n) is 1.49. The van der Waals surface area contributed by atoms with Crippen LogP contribution in [0.1, 0.15) is 32.9 Å². The van der Waals surface area contributed by atoms with Crippen LogP contribution >= 0.6 is 0 Å². The van der Waals surface area contributed by atoms with Crippen LogP contribution < -0.4 is 10.6 Å². The summed E-state index contributed by atoms with van der Waals surface area (Å²) in [5, 5.41) is 5.51. The zero-order valence-electron chi connectivity index (χ0n) is 12.8. The molecule has 0 radical (unpaired) electrons. The monoisotopic (exact) mass is 319 g/mol. The van der Waals surface area contributed by atoms with Gasteiger partial charge in [-0.3, -0.25) is 0 Å². The van der Waals surface area contributed by atoms with Gasteiger partial charge >= 0.3 is 12.3 Å². The van der Waals surface area contributed by atoms with E-state index in [0.29, 0.717) is 25.2 Å². The number of carbonyl (C=O) groups is 1. The molecule has 0 aliphatic carbocycles. The van der Waals surface area contributed by atoms with Gasteiger partial charge in [0.2, 0.25) is 0 Å². The van der Waals surface area contributed by atoms with E-state index in [9.17, 15) is 18.0 Å². The number of hydrogen-bond donors (Lipinski definition) is 2. The zero-order valence-corrected chi connectivity index (χ0v) is 12.8. The second-order valence-corrected chi connectivity index (χ2v) is 5.64. The van der Waals surface area contributed by atoms with E-state index < -0.39 is 23.6 Å². The van der Waals surface area contributed by atoms with Crippen LogP contribution in [0.4, 0.5) is 23.7 Å². The third-order valence-corrected chi connectivity index (χ3v) is 2.40. The van der Waals surface area contributed by atoms with E-state index in [-0.39, 0.29) is 0 Å². The van der Waals surface area contributed by atoms with Crippen molar-refractivity contribution in [2.24, 2.45) is 0 Å². The smallest absolute Gasteiger partial charge is 0.433 e. The van der Waals surface area contributed by atoms with E-state index in [0.717, 1.165) is 12.3 Å². The van der Waals surface area contributed by atoms with Crippen LogP contribution in [0.5, 0.6) is 0 Å². The molecule has 0 bridgehead atoms. The molecule has 124 valence electrons. The normalized spacial score (nSPS) is 11.9. The second-order valence-electron chi connectivity index (χ2n) is 5.64. The van der Waals surface area contributed by atoms with E-state index >= 15 is 0 Å². The number of ether oxygens (including phenoxy) is 1. The molecule has 0 unspecified atom stereocenters. The number of nitrogens with one attached hydrogen (secondary N) is 2. The maximum absolute atomic E-state index is 12.3. The number of alkyl carbamates (subject to hydrolysis) is 1. The molecule has 0 aromatic carbocycles. The molecule has 1 aromatic rings. The topological polar surface area (TPSA) is 63.2 Å². The Morgan fingerprint density at radius 2 is 1.91 bits per heavy atom. The van der Waals surface area contributed by atoms with Crippen LogP contribution in [0.3, 0.4) is 0 Å². The number of nitrogens with zero attached hydrogens (tertiary/aromatic N) is 1. The van der Waals surface area contributed by atoms with Crippen molar-refractivity contribution in [1.82, 2.24) is 10.3 Å². The maximum atomic E-state index is 12.3. The van der Waals surface area contributed by atoms with Crippen LogP contribution in [-0.4, -0.2) is 29.8 Å². The van der Waals surface area contributed by atoms with Crippen molar-refractivity contribution in [1.29, 1.82) is 0 Å². The summed E-state index contributed by atoms with van der Waals surface area (Å²) >= 11 is 0. The van der Waals surface area contributed by atoms with E-state index in [4.69, 9.17) is 4.74 Å². The van der Waals surface area contributed by atoms with Crippen molar-refractivity contribution >= 4 is 11.8 Å². The van der Waals surface area contributed by atoms with Gasteiger partial charge in [-0.15, -0.1) is 0 Å². The summed E-state index contributed by atoms with van der Waals surface area (Å²) in [7, 11) is 0. The number of carbonyl (C=O) groups excluding carboxylic acids is 1. The molecule has 0 saturated heterocycles. The van der Waals surface area contributed by atoms with Gasteiger partial charge in [-0.25, -0.2) is 9.78 Å². The van der Waals surface area contributed by atoms with Gasteiger partial charge in [0.05, 0.1) is 11.9 Å². The minimum Gasteiger partial charge on any atom is -0.444 e. The van der Waals surface area contributed by atoms with Crippen molar-refractivity contribution in [3.63, 3.8) is 0 Å². The molecule has 1 aromatic heterocycles. The SMILES string of the molecule is CC(C)(C)OC(=O)NCCCNc1ccc(C(F)(F)F)nc1. The second kappa shape index (κ2) is 7.33. The number of halogens is 3. The Kier molecular flexibility index (Phi) is 6.01. The summed E-state index contributed by atoms with van der Waals surface area (Å²) in [5.74, 6) is 0. The van der Waals surface area contributed by atoms with Crippen LogP contribution in [0, 0.1) is 0 Å². The lowest BCUT2D eigenvalue weighted by atomic mass is 10.2. The number of hydrogen-bond acceptors (Lipinski definition) is 4. The maximum Gasteiger partial charge on any atom is 0.433 e. The molecule has 0 aliphatic rings. The Labute approximate surface area is 127 Å². The first-order valence-electron chi connectivity index (χ1n) is 6.82. The van der Waals surface area contributed by atoms with Crippen molar-refractivity contribution in [2.75, 3.05) is 18.4 Å². The molecule has 1 heterocycles. The number of alkyl halides is 3. The van der Waals surface area contributed by atoms with E-state index in [1.807, 2.05) is 0 Å². The van der Waals surface area contributed by atoms with Crippen LogP contribution in [0.15, 0.2) is 18.3 Å². The molecular formula is C14H20F3N3O2. The van der Waals surface area contributed by atoms with Gasteiger partial charge in [-0.05, 0) is 39.3 Å². The molecule has 2 N–H and O–H groups in total. The van der Waals surface area contributed by atoms with E-state index in [1.165, 1.54) is 6.07 Å². The summed E-state index contributed by atoms with van der Waals surface area (Å²) in [5.41, 5.74) is -0.983. The van der Waals surface area contributed by atoms with E-state index in [1.54, 1.807) is 20.8 Å². The number of pyridine rings is 1. The van der Waals surface area contributed by atoms with Crippen molar-refractivity contribution in [2.45, 2.75) is 39.0 Å². The summed E-state index contributed by atoms with van der Waals surface area (Å²) < 4.78 is 42.1. The van der Waals surface area contributed by atoms with Gasteiger partial charge in [0.25, 0.3) is 0 Å². The standard InChI is InChI=1S/C14H20F3N3O2/c1-13(2,3)22-12(21)19-8-4-7-18-10-5-6-11(20-9-10)14(15,16)17/h5-6,9,18H,4,7-8H2,1-3H3,(H,19,21). The molecule has 8 heteroatoms. The molecule has 0 atom stereocenters. The van der Waals surface area contributed by atoms with Gasteiger partial charge in [0.1, 0.15) is 11.3 Å². The van der Waals surface area contributed by atoms with Gasteiger partial charge in [-0.1, -0.05) is 0 Å². The third kappa shape index (κ3) is 7.14. The van der Waals surface area contributed by atoms with Crippen molar-refractivity contribution in [3.05, 3.63) is 24.0 Å². The predicted molar refractivity (Wildman–Crippen MR) is 76.6 cm³/mol. The van der Waals surface area contributed by atoms with Gasteiger partial charge in [-0.2, -0.15) is 13.2 Å². The van der Waals surface area contributed by atoms with Gasteiger partial charge < -0.3 is 15.4 Å². The first-order chi connectivity index (χ1) is 10.1. The first kappa shape index (κ1) is 18.1. The number of aromatic nitrogens is 1. The number of anilines is 1. The fraction of sp³-hybridized carbons (Fsp3) is 0.571. The molecule has 1 rings (SSSR count). The number of amides is 1. The lowest BCUT2D eigenvalue weighted by molar-refractivity contribution is -0.141. The summed E-state index contributed by atoms with van der Waals surface area (Å²) in [6, 6.07) is 2.23. The van der Waals surface area contributed by atoms with Crippen molar-refractivity contribution < 1.29 is 22.7 Å². The van der Waals surface area contributed by atoms with Crippen LogP contribution in [-0.2, 0) is 10.9 Å². The summed E-state index contributed by atoms with van der Waals surface area (Å²) in [6.45, 7) is 6.20. The molecular weight excluding hydrogens is 299 g/mol. The highest BCUT2D eigenvalue weighted by atomic mass is 19.4. The van der Waals surface area contributed by atoms with Gasteiger partial charge in [0.15, 0.2) is 0 Å². The highest BCUT2D eigenvalue weighted by Crippen LogP contribution is 2.27. The lowest BCUT2D eigenvalue weighted by Crippen LogP contribution is -2.33. The highest BCUT2D eigenvalue weighted by molar-refractivity contribution is 5.67. The Hall–Kier alpha value is -1.99. The Morgan fingerprint density at radius 1 is 1.23 bits per heavy atom. The number of rotatable bonds is 5. The molecule has 5 nitrogen and oxygen atoms in total. The Bertz CT molecular complexity index is 482. The molecule has 0 aliphatic heterocycles. The fourth-order valence-corrected chi connectivity index (χ4v) is 1.49. The quantitative estimate of drug-likeness (QED) is 0.816. The summed E-state index contributed by atoms with van der Waals surface area (Å²) in [6.07, 6.45) is -3.20. The lowest BCUT2D eigenvalue weighted by Gasteiger charge is -2.19.